The van der Waals surface area contributed by atoms with Crippen molar-refractivity contribution >= 4 is 45.8 Å². The number of aromatic nitrogens is 2. The highest BCUT2D eigenvalue weighted by Gasteiger charge is 2.57. The zero-order valence-electron chi connectivity index (χ0n) is 23.5. The number of nitrogens with zero attached hydrogens (tertiary/aromatic N) is 1. The van der Waals surface area contributed by atoms with Gasteiger partial charge in [0.25, 0.3) is 5.56 Å². The van der Waals surface area contributed by atoms with Crippen molar-refractivity contribution in [3.63, 3.8) is 0 Å². The minimum Gasteiger partial charge on any atom is -0.444 e. The van der Waals surface area contributed by atoms with Gasteiger partial charge in [0.2, 0.25) is 0 Å². The molecule has 5 N–H and O–H groups in total. The number of nitrogens with one attached hydrogen (secondary N) is 3. The summed E-state index contributed by atoms with van der Waals surface area (Å²) in [4.78, 5) is 78.1. The van der Waals surface area contributed by atoms with E-state index in [1.807, 2.05) is 0 Å². The van der Waals surface area contributed by atoms with Crippen LogP contribution in [0.3, 0.4) is 0 Å². The molecule has 0 aromatic carbocycles. The molecule has 1 saturated heterocycles. The number of hydrogen-bond donors (Lipinski definition) is 5. The van der Waals surface area contributed by atoms with E-state index in [0.29, 0.717) is 0 Å². The summed E-state index contributed by atoms with van der Waals surface area (Å²) in [5.41, 5.74) is -6.04. The number of hydrogen-bond acceptors (Lipinski definition) is 11. The molecule has 15 nitrogen and oxygen atoms in total. The van der Waals surface area contributed by atoms with Crippen LogP contribution in [-0.4, -0.2) is 85.6 Å². The average Bonchev–Trinajstić information content (AvgIpc) is 3.18. The largest absolute Gasteiger partial charge is 0.444 e. The lowest BCUT2D eigenvalue weighted by Gasteiger charge is -2.29. The van der Waals surface area contributed by atoms with Gasteiger partial charge >= 0.3 is 17.9 Å². The molecule has 1 aromatic rings. The second-order valence-electron chi connectivity index (χ2n) is 11.2. The molecule has 41 heavy (non-hydrogen) atoms. The number of amides is 2. The van der Waals surface area contributed by atoms with Gasteiger partial charge in [-0.1, -0.05) is 15.9 Å². The number of ether oxygens (including phenoxy) is 3. The van der Waals surface area contributed by atoms with Crippen LogP contribution < -0.4 is 21.9 Å². The van der Waals surface area contributed by atoms with E-state index in [2.05, 4.69) is 31.5 Å². The molecule has 2 heterocycles. The Morgan fingerprint density at radius 1 is 1.12 bits per heavy atom. The third-order valence-electron chi connectivity index (χ3n) is 5.51. The monoisotopic (exact) mass is 646 g/mol. The van der Waals surface area contributed by atoms with Crippen molar-refractivity contribution in [2.45, 2.75) is 83.2 Å². The lowest BCUT2D eigenvalue weighted by Crippen LogP contribution is -2.57. The SMILES string of the molecule is CC(C)(C)OC(=O)NCC(=O)C(O)[C@H]1O[C@@H](n2cc(/C=C/Br)c(=O)[nH]c2=O)C[C@@]1(O)C(=O)CNC(=O)OC(C)(C)C. The van der Waals surface area contributed by atoms with E-state index in [1.165, 1.54) is 11.1 Å². The lowest BCUT2D eigenvalue weighted by molar-refractivity contribution is -0.159. The highest BCUT2D eigenvalue weighted by atomic mass is 79.9. The molecule has 1 unspecified atom stereocenters. The fourth-order valence-electron chi connectivity index (χ4n) is 3.75. The van der Waals surface area contributed by atoms with E-state index < -0.39 is 89.8 Å². The second-order valence-corrected chi connectivity index (χ2v) is 11.8. The van der Waals surface area contributed by atoms with Crippen LogP contribution in [0.5, 0.6) is 0 Å². The van der Waals surface area contributed by atoms with Crippen molar-refractivity contribution < 1.29 is 43.6 Å². The normalized spacial score (nSPS) is 21.8. The molecule has 0 saturated carbocycles. The average molecular weight is 647 g/mol. The standard InChI is InChI=1S/C25H35BrN4O11/c1-23(2,3)40-21(36)27-10-14(31)17(33)18-25(38,15(32)11-28-22(37)41-24(4,5)6)9-16(39-18)30-12-13(7-8-26)19(34)29-20(30)35/h7-8,12,16-18,33,38H,9-11H2,1-6H3,(H,27,36)(H,28,37)(H,29,34,35)/b8-7+/t16-,17?,18-,25-/m1/s1. The van der Waals surface area contributed by atoms with Gasteiger partial charge in [0.1, 0.15) is 29.6 Å². The predicted octanol–water partition coefficient (Wildman–Crippen LogP) is 0.469. The molecule has 0 bridgehead atoms. The Balaban J connectivity index is 2.37. The van der Waals surface area contributed by atoms with Crippen molar-refractivity contribution in [2.75, 3.05) is 13.1 Å². The van der Waals surface area contributed by atoms with Crippen LogP contribution in [0.2, 0.25) is 0 Å². The second kappa shape index (κ2) is 13.1. The first-order valence-electron chi connectivity index (χ1n) is 12.5. The molecule has 2 rings (SSSR count). The Morgan fingerprint density at radius 3 is 2.17 bits per heavy atom. The number of halogens is 1. The molecule has 1 fully saturated rings. The van der Waals surface area contributed by atoms with Gasteiger partial charge in [-0.3, -0.25) is 23.9 Å². The molecule has 1 aromatic heterocycles. The van der Waals surface area contributed by atoms with E-state index in [0.717, 1.165) is 10.8 Å². The molecule has 2 amide bonds. The molecule has 1 aliphatic rings. The van der Waals surface area contributed by atoms with E-state index in [9.17, 15) is 39.0 Å². The summed E-state index contributed by atoms with van der Waals surface area (Å²) in [6.07, 6.45) is -5.71. The summed E-state index contributed by atoms with van der Waals surface area (Å²) in [5.74, 6) is -2.12. The van der Waals surface area contributed by atoms with Crippen LogP contribution in [0.15, 0.2) is 20.8 Å². The number of aliphatic hydroxyl groups is 2. The number of ketones is 2. The fraction of sp³-hybridized carbons (Fsp3) is 0.600. The summed E-state index contributed by atoms with van der Waals surface area (Å²) in [6, 6.07) is 0. The number of alkyl carbamates (subject to hydrolysis) is 2. The van der Waals surface area contributed by atoms with E-state index in [1.54, 1.807) is 41.5 Å². The van der Waals surface area contributed by atoms with Crippen LogP contribution in [0.4, 0.5) is 9.59 Å². The first kappa shape index (κ1) is 33.9. The molecule has 228 valence electrons. The van der Waals surface area contributed by atoms with Crippen molar-refractivity contribution in [3.05, 3.63) is 37.6 Å². The van der Waals surface area contributed by atoms with Crippen molar-refractivity contribution in [1.82, 2.24) is 20.2 Å². The quantitative estimate of drug-likeness (QED) is 0.248. The Hall–Kier alpha value is -3.34. The van der Waals surface area contributed by atoms with Crippen LogP contribution in [-0.2, 0) is 23.8 Å². The fourth-order valence-corrected chi connectivity index (χ4v) is 4.04. The minimum atomic E-state index is -2.61. The van der Waals surface area contributed by atoms with Crippen molar-refractivity contribution in [1.29, 1.82) is 0 Å². The summed E-state index contributed by atoms with van der Waals surface area (Å²) >= 11 is 3.03. The van der Waals surface area contributed by atoms with Gasteiger partial charge in [-0.05, 0) is 52.6 Å². The van der Waals surface area contributed by atoms with E-state index in [-0.39, 0.29) is 5.56 Å². The zero-order valence-corrected chi connectivity index (χ0v) is 25.1. The molecule has 0 radical (unpaired) electrons. The van der Waals surface area contributed by atoms with Crippen molar-refractivity contribution in [3.8, 4) is 0 Å². The maximum absolute atomic E-state index is 13.2. The maximum atomic E-state index is 13.2. The molecular formula is C25H35BrN4O11. The van der Waals surface area contributed by atoms with Crippen molar-refractivity contribution in [2.24, 2.45) is 0 Å². The van der Waals surface area contributed by atoms with E-state index in [4.69, 9.17) is 14.2 Å². The Kier molecular flexibility index (Phi) is 10.8. The van der Waals surface area contributed by atoms with Crippen LogP contribution in [0.1, 0.15) is 59.8 Å². The van der Waals surface area contributed by atoms with Crippen LogP contribution in [0.25, 0.3) is 6.08 Å². The summed E-state index contributed by atoms with van der Waals surface area (Å²) in [6.45, 7) is 8.07. The molecular weight excluding hydrogens is 612 g/mol. The highest BCUT2D eigenvalue weighted by Crippen LogP contribution is 2.39. The maximum Gasteiger partial charge on any atom is 0.408 e. The predicted molar refractivity (Wildman–Crippen MR) is 147 cm³/mol. The number of carbonyl (C=O) groups excluding carboxylic acids is 4. The molecule has 0 spiro atoms. The third kappa shape index (κ3) is 9.34. The van der Waals surface area contributed by atoms with Crippen LogP contribution >= 0.6 is 15.9 Å². The molecule has 0 aliphatic carbocycles. The number of H-pyrrole nitrogens is 1. The Labute approximate surface area is 243 Å². The number of aliphatic hydroxyl groups excluding tert-OH is 1. The minimum absolute atomic E-state index is 0.00756. The zero-order chi connectivity index (χ0) is 31.3. The van der Waals surface area contributed by atoms with Gasteiger partial charge in [-0.25, -0.2) is 14.4 Å². The first-order valence-corrected chi connectivity index (χ1v) is 13.4. The first-order chi connectivity index (χ1) is 18.8. The summed E-state index contributed by atoms with van der Waals surface area (Å²) in [7, 11) is 0. The van der Waals surface area contributed by atoms with Gasteiger partial charge in [0.15, 0.2) is 17.2 Å². The van der Waals surface area contributed by atoms with Gasteiger partial charge in [-0.2, -0.15) is 0 Å². The lowest BCUT2D eigenvalue weighted by atomic mass is 9.85. The topological polar surface area (TPSA) is 215 Å². The van der Waals surface area contributed by atoms with Gasteiger partial charge in [-0.15, -0.1) is 0 Å². The number of Topliss-reactive ketones (excluding diaryl/α,β-unsaturated/α-hetero) is 2. The molecule has 1 aliphatic heterocycles. The summed E-state index contributed by atoms with van der Waals surface area (Å²) < 4.78 is 16.7. The third-order valence-corrected chi connectivity index (χ3v) is 5.77. The van der Waals surface area contributed by atoms with Crippen LogP contribution in [0, 0.1) is 0 Å². The molecule has 4 atom stereocenters. The number of carbonyl (C=O) groups is 4. The van der Waals surface area contributed by atoms with E-state index >= 15 is 0 Å². The number of aromatic amines is 1. The Bertz CT molecular complexity index is 1310. The molecule has 16 heteroatoms. The number of rotatable bonds is 9. The smallest absolute Gasteiger partial charge is 0.408 e. The Morgan fingerprint density at radius 2 is 1.66 bits per heavy atom. The summed E-state index contributed by atoms with van der Waals surface area (Å²) in [5, 5.41) is 26.7. The van der Waals surface area contributed by atoms with Gasteiger partial charge < -0.3 is 35.1 Å². The highest BCUT2D eigenvalue weighted by molar-refractivity contribution is 9.11. The van der Waals surface area contributed by atoms with Gasteiger partial charge in [0, 0.05) is 12.6 Å². The van der Waals surface area contributed by atoms with Gasteiger partial charge in [0.05, 0.1) is 18.7 Å².